The molecule has 2 amide bonds. The lowest BCUT2D eigenvalue weighted by Crippen LogP contribution is -2.36. The summed E-state index contributed by atoms with van der Waals surface area (Å²) in [4.78, 5) is 24.8. The van der Waals surface area contributed by atoms with E-state index in [1.54, 1.807) is 24.3 Å². The summed E-state index contributed by atoms with van der Waals surface area (Å²) in [6.07, 6.45) is 6.57. The van der Waals surface area contributed by atoms with Crippen LogP contribution in [0.3, 0.4) is 0 Å². The van der Waals surface area contributed by atoms with Crippen LogP contribution in [0.15, 0.2) is 78.9 Å². The van der Waals surface area contributed by atoms with Crippen LogP contribution in [0.2, 0.25) is 0 Å². The molecule has 3 aromatic rings. The van der Waals surface area contributed by atoms with Crippen LogP contribution in [0, 0.1) is 0 Å². The van der Waals surface area contributed by atoms with Crippen LogP contribution < -0.4 is 20.7 Å². The van der Waals surface area contributed by atoms with Crippen LogP contribution in [-0.2, 0) is 11.2 Å². The van der Waals surface area contributed by atoms with Crippen molar-refractivity contribution in [2.45, 2.75) is 44.6 Å². The number of amides is 2. The number of anilines is 2. The van der Waals surface area contributed by atoms with Crippen LogP contribution in [0.1, 0.15) is 48.0 Å². The van der Waals surface area contributed by atoms with Crippen molar-refractivity contribution in [1.29, 1.82) is 0 Å². The highest BCUT2D eigenvalue weighted by Gasteiger charge is 2.16. The van der Waals surface area contributed by atoms with E-state index in [0.29, 0.717) is 17.9 Å². The van der Waals surface area contributed by atoms with Crippen molar-refractivity contribution in [3.05, 3.63) is 90.0 Å². The Balaban J connectivity index is 1.17. The normalized spacial score (nSPS) is 13.6. The largest absolute Gasteiger partial charge is 0.493 e. The molecule has 0 bridgehead atoms. The molecule has 1 aliphatic carbocycles. The van der Waals surface area contributed by atoms with Gasteiger partial charge in [0.25, 0.3) is 5.91 Å². The highest BCUT2D eigenvalue weighted by Crippen LogP contribution is 2.19. The van der Waals surface area contributed by atoms with Gasteiger partial charge in [0.1, 0.15) is 5.75 Å². The minimum atomic E-state index is -0.160. The Morgan fingerprint density at radius 2 is 1.49 bits per heavy atom. The van der Waals surface area contributed by atoms with Gasteiger partial charge in [-0.05, 0) is 66.9 Å². The summed E-state index contributed by atoms with van der Waals surface area (Å²) in [5.74, 6) is 0.583. The molecule has 3 N–H and O–H groups in total. The van der Waals surface area contributed by atoms with Gasteiger partial charge in [-0.25, -0.2) is 0 Å². The standard InChI is InChI=1S/C29H33N3O3/c33-28(31-26-13-11-23(12-14-26)29(34)32-25-9-5-2-6-10-25)21-30-24-15-17-27(18-16-24)35-20-19-22-7-3-1-4-8-22/h1,3-4,7-8,11-18,25,30H,2,5-6,9-10,19-21H2,(H,31,33)(H,32,34). The fourth-order valence-electron chi connectivity index (χ4n) is 4.21. The van der Waals surface area contributed by atoms with Crippen LogP contribution in [0.5, 0.6) is 5.75 Å². The number of rotatable bonds is 10. The minimum absolute atomic E-state index is 0.0519. The van der Waals surface area contributed by atoms with Gasteiger partial charge in [0.15, 0.2) is 0 Å². The maximum atomic E-state index is 12.4. The molecule has 182 valence electrons. The number of nitrogens with one attached hydrogen (secondary N) is 3. The molecule has 1 saturated carbocycles. The molecule has 3 aromatic carbocycles. The first-order valence-corrected chi connectivity index (χ1v) is 12.4. The lowest BCUT2D eigenvalue weighted by molar-refractivity contribution is -0.114. The molecule has 0 spiro atoms. The van der Waals surface area contributed by atoms with Crippen molar-refractivity contribution >= 4 is 23.2 Å². The molecule has 0 atom stereocenters. The molecule has 0 aromatic heterocycles. The van der Waals surface area contributed by atoms with E-state index in [1.807, 2.05) is 42.5 Å². The van der Waals surface area contributed by atoms with Crippen molar-refractivity contribution in [3.63, 3.8) is 0 Å². The van der Waals surface area contributed by atoms with E-state index < -0.39 is 0 Å². The second-order valence-electron chi connectivity index (χ2n) is 8.90. The summed E-state index contributed by atoms with van der Waals surface area (Å²) in [6, 6.07) is 25.1. The molecule has 6 nitrogen and oxygen atoms in total. The van der Waals surface area contributed by atoms with Crippen molar-refractivity contribution < 1.29 is 14.3 Å². The lowest BCUT2D eigenvalue weighted by Gasteiger charge is -2.22. The molecule has 0 unspecified atom stereocenters. The van der Waals surface area contributed by atoms with Gasteiger partial charge in [0.05, 0.1) is 13.2 Å². The van der Waals surface area contributed by atoms with Gasteiger partial charge in [-0.15, -0.1) is 0 Å². The average molecular weight is 472 g/mol. The first-order chi connectivity index (χ1) is 17.2. The van der Waals surface area contributed by atoms with E-state index >= 15 is 0 Å². The monoisotopic (exact) mass is 471 g/mol. The quantitative estimate of drug-likeness (QED) is 0.369. The maximum Gasteiger partial charge on any atom is 0.251 e. The third-order valence-corrected chi connectivity index (χ3v) is 6.18. The molecule has 0 aliphatic heterocycles. The Bertz CT molecular complexity index is 1080. The summed E-state index contributed by atoms with van der Waals surface area (Å²) in [6.45, 7) is 0.748. The van der Waals surface area contributed by atoms with Crippen molar-refractivity contribution in [2.75, 3.05) is 23.8 Å². The van der Waals surface area contributed by atoms with Gasteiger partial charge >= 0.3 is 0 Å². The zero-order valence-electron chi connectivity index (χ0n) is 20.0. The topological polar surface area (TPSA) is 79.5 Å². The van der Waals surface area contributed by atoms with Gasteiger partial charge in [-0.3, -0.25) is 9.59 Å². The summed E-state index contributed by atoms with van der Waals surface area (Å²) in [5, 5.41) is 9.09. The van der Waals surface area contributed by atoms with E-state index in [9.17, 15) is 9.59 Å². The maximum absolute atomic E-state index is 12.4. The van der Waals surface area contributed by atoms with Crippen LogP contribution >= 0.6 is 0 Å². The third kappa shape index (κ3) is 7.88. The van der Waals surface area contributed by atoms with Gasteiger partial charge in [-0.2, -0.15) is 0 Å². The molecule has 6 heteroatoms. The second-order valence-corrected chi connectivity index (χ2v) is 8.90. The van der Waals surface area contributed by atoms with Gasteiger partial charge < -0.3 is 20.7 Å². The molecule has 35 heavy (non-hydrogen) atoms. The van der Waals surface area contributed by atoms with Crippen molar-refractivity contribution in [1.82, 2.24) is 5.32 Å². The summed E-state index contributed by atoms with van der Waals surface area (Å²) in [7, 11) is 0. The molecule has 1 fully saturated rings. The van der Waals surface area contributed by atoms with E-state index in [1.165, 1.54) is 24.8 Å². The number of hydrogen-bond acceptors (Lipinski definition) is 4. The Morgan fingerprint density at radius 3 is 2.20 bits per heavy atom. The summed E-state index contributed by atoms with van der Waals surface area (Å²) < 4.78 is 5.80. The predicted molar refractivity (Wildman–Crippen MR) is 140 cm³/mol. The number of carbonyl (C=O) groups excluding carboxylic acids is 2. The second kappa shape index (κ2) is 12.6. The van der Waals surface area contributed by atoms with E-state index in [0.717, 1.165) is 30.7 Å². The van der Waals surface area contributed by atoms with Crippen molar-refractivity contribution in [3.8, 4) is 5.75 Å². The molecule has 0 saturated heterocycles. The molecular weight excluding hydrogens is 438 g/mol. The molecular formula is C29H33N3O3. The Morgan fingerprint density at radius 1 is 0.800 bits per heavy atom. The number of carbonyl (C=O) groups is 2. The van der Waals surface area contributed by atoms with Gasteiger partial charge in [0.2, 0.25) is 5.91 Å². The Hall–Kier alpha value is -3.80. The Kier molecular flexibility index (Phi) is 8.76. The zero-order valence-corrected chi connectivity index (χ0v) is 20.0. The highest BCUT2D eigenvalue weighted by molar-refractivity contribution is 5.96. The minimum Gasteiger partial charge on any atom is -0.493 e. The van der Waals surface area contributed by atoms with Crippen LogP contribution in [0.25, 0.3) is 0 Å². The fourth-order valence-corrected chi connectivity index (χ4v) is 4.21. The smallest absolute Gasteiger partial charge is 0.251 e. The fraction of sp³-hybridized carbons (Fsp3) is 0.310. The molecule has 0 radical (unpaired) electrons. The van der Waals surface area contributed by atoms with E-state index in [-0.39, 0.29) is 24.4 Å². The number of benzene rings is 3. The number of hydrogen-bond donors (Lipinski definition) is 3. The lowest BCUT2D eigenvalue weighted by atomic mass is 9.95. The van der Waals surface area contributed by atoms with Crippen molar-refractivity contribution in [2.24, 2.45) is 0 Å². The first kappa shape index (κ1) is 24.3. The van der Waals surface area contributed by atoms with Crippen LogP contribution in [0.4, 0.5) is 11.4 Å². The first-order valence-electron chi connectivity index (χ1n) is 12.4. The summed E-state index contributed by atoms with van der Waals surface area (Å²) >= 11 is 0. The molecule has 1 aliphatic rings. The predicted octanol–water partition coefficient (Wildman–Crippen LogP) is 5.42. The third-order valence-electron chi connectivity index (χ3n) is 6.18. The van der Waals surface area contributed by atoms with E-state index in [4.69, 9.17) is 4.74 Å². The Labute approximate surface area is 207 Å². The zero-order chi connectivity index (χ0) is 24.3. The SMILES string of the molecule is O=C(CNc1ccc(OCCc2ccccc2)cc1)Nc1ccc(C(=O)NC2CCCCC2)cc1. The average Bonchev–Trinajstić information content (AvgIpc) is 2.90. The molecule has 4 rings (SSSR count). The van der Waals surface area contributed by atoms with Gasteiger partial charge in [-0.1, -0.05) is 49.6 Å². The molecule has 0 heterocycles. The van der Waals surface area contributed by atoms with E-state index in [2.05, 4.69) is 28.1 Å². The highest BCUT2D eigenvalue weighted by atomic mass is 16.5. The summed E-state index contributed by atoms with van der Waals surface area (Å²) in [5.41, 5.74) is 3.35. The van der Waals surface area contributed by atoms with Gasteiger partial charge in [0, 0.05) is 29.4 Å². The van der Waals surface area contributed by atoms with Crippen LogP contribution in [-0.4, -0.2) is 31.0 Å². The number of ether oxygens (including phenoxy) is 1.